The number of urea groups is 1. The molecule has 0 saturated heterocycles. The summed E-state index contributed by atoms with van der Waals surface area (Å²) in [6.07, 6.45) is 3.76. The number of amides is 2. The molecule has 1 N–H and O–H groups in total. The van der Waals surface area contributed by atoms with E-state index in [1.807, 2.05) is 47.1 Å². The minimum atomic E-state index is -0.0993. The molecule has 1 aromatic carbocycles. The van der Waals surface area contributed by atoms with Gasteiger partial charge in [0.15, 0.2) is 5.82 Å². The van der Waals surface area contributed by atoms with Gasteiger partial charge < -0.3 is 4.90 Å². The van der Waals surface area contributed by atoms with Crippen LogP contribution in [0.15, 0.2) is 30.5 Å². The van der Waals surface area contributed by atoms with Gasteiger partial charge >= 0.3 is 6.03 Å². The molecule has 0 aliphatic carbocycles. The summed E-state index contributed by atoms with van der Waals surface area (Å²) in [7, 11) is 1.95. The summed E-state index contributed by atoms with van der Waals surface area (Å²) in [5.41, 5.74) is 2.35. The maximum absolute atomic E-state index is 12.6. The molecular formula is C16H17N5OS. The van der Waals surface area contributed by atoms with E-state index in [4.69, 9.17) is 0 Å². The second kappa shape index (κ2) is 5.66. The van der Waals surface area contributed by atoms with Crippen molar-refractivity contribution in [3.63, 3.8) is 0 Å². The smallest absolute Gasteiger partial charge is 0.320 e. The molecule has 0 unspecified atom stereocenters. The van der Waals surface area contributed by atoms with Crippen LogP contribution in [0.2, 0.25) is 0 Å². The Labute approximate surface area is 137 Å². The molecule has 0 atom stereocenters. The van der Waals surface area contributed by atoms with Crippen molar-refractivity contribution in [3.05, 3.63) is 41.7 Å². The van der Waals surface area contributed by atoms with Gasteiger partial charge in [-0.1, -0.05) is 12.1 Å². The predicted molar refractivity (Wildman–Crippen MR) is 90.6 cm³/mol. The van der Waals surface area contributed by atoms with Gasteiger partial charge in [-0.3, -0.25) is 10.00 Å². The monoisotopic (exact) mass is 327 g/mol. The number of hydrogen-bond donors (Lipinski definition) is 1. The highest BCUT2D eigenvalue weighted by Gasteiger charge is 2.22. The van der Waals surface area contributed by atoms with Crippen LogP contribution in [0.5, 0.6) is 0 Å². The molecule has 2 aromatic heterocycles. The van der Waals surface area contributed by atoms with E-state index < -0.39 is 0 Å². The van der Waals surface area contributed by atoms with E-state index in [9.17, 15) is 4.79 Å². The van der Waals surface area contributed by atoms with Crippen molar-refractivity contribution in [2.75, 3.05) is 11.9 Å². The van der Waals surface area contributed by atoms with Gasteiger partial charge in [-0.2, -0.15) is 9.47 Å². The molecule has 0 spiro atoms. The Morgan fingerprint density at radius 1 is 1.35 bits per heavy atom. The molecule has 1 aliphatic rings. The summed E-state index contributed by atoms with van der Waals surface area (Å²) in [5.74, 6) is 0.645. The molecule has 3 aromatic rings. The Kier molecular flexibility index (Phi) is 3.49. The quantitative estimate of drug-likeness (QED) is 0.747. The van der Waals surface area contributed by atoms with E-state index in [-0.39, 0.29) is 6.03 Å². The topological polar surface area (TPSA) is 63.1 Å². The largest absolute Gasteiger partial charge is 0.323 e. The van der Waals surface area contributed by atoms with Gasteiger partial charge in [0.25, 0.3) is 0 Å². The van der Waals surface area contributed by atoms with E-state index in [0.717, 1.165) is 35.0 Å². The van der Waals surface area contributed by atoms with Gasteiger partial charge in [0.2, 0.25) is 0 Å². The van der Waals surface area contributed by atoms with Gasteiger partial charge in [-0.25, -0.2) is 4.79 Å². The van der Waals surface area contributed by atoms with Crippen LogP contribution in [0.3, 0.4) is 0 Å². The Balaban J connectivity index is 1.55. The lowest BCUT2D eigenvalue weighted by Crippen LogP contribution is -2.34. The molecule has 2 amide bonds. The zero-order chi connectivity index (χ0) is 15.8. The van der Waals surface area contributed by atoms with Crippen LogP contribution in [0.4, 0.5) is 10.6 Å². The Bertz CT molecular complexity index is 868. The zero-order valence-corrected chi connectivity index (χ0v) is 13.6. The maximum Gasteiger partial charge on any atom is 0.323 e. The first-order chi connectivity index (χ1) is 11.2. The van der Waals surface area contributed by atoms with E-state index in [2.05, 4.69) is 14.8 Å². The molecule has 0 fully saturated rings. The van der Waals surface area contributed by atoms with Crippen molar-refractivity contribution < 1.29 is 4.79 Å². The highest BCUT2D eigenvalue weighted by Crippen LogP contribution is 2.27. The average Bonchev–Trinajstić information content (AvgIpc) is 3.03. The first-order valence-electron chi connectivity index (χ1n) is 7.62. The van der Waals surface area contributed by atoms with Crippen LogP contribution in [0.25, 0.3) is 10.1 Å². The van der Waals surface area contributed by atoms with Crippen LogP contribution < -0.4 is 5.32 Å². The number of benzene rings is 1. The molecular weight excluding hydrogens is 310 g/mol. The number of fused-ring (bicyclic) bond motifs is 2. The minimum absolute atomic E-state index is 0.0993. The van der Waals surface area contributed by atoms with Crippen molar-refractivity contribution in [2.24, 2.45) is 7.05 Å². The van der Waals surface area contributed by atoms with Crippen molar-refractivity contribution >= 4 is 33.5 Å². The third-order valence-corrected chi connectivity index (χ3v) is 5.07. The van der Waals surface area contributed by atoms with Gasteiger partial charge in [0.1, 0.15) is 0 Å². The van der Waals surface area contributed by atoms with Crippen LogP contribution in [0.1, 0.15) is 17.7 Å². The number of nitrogens with zero attached hydrogens (tertiary/aromatic N) is 4. The van der Waals surface area contributed by atoms with Crippen molar-refractivity contribution in [3.8, 4) is 0 Å². The van der Waals surface area contributed by atoms with E-state index in [1.54, 1.807) is 0 Å². The molecule has 4 rings (SSSR count). The van der Waals surface area contributed by atoms with Crippen LogP contribution in [0, 0.1) is 0 Å². The maximum atomic E-state index is 12.6. The summed E-state index contributed by atoms with van der Waals surface area (Å²) >= 11 is 1.40. The summed E-state index contributed by atoms with van der Waals surface area (Å²) in [5, 5.41) is 8.25. The number of rotatable bonds is 1. The number of carbonyl (C=O) groups is 1. The SMILES string of the molecule is Cn1ncc2c1CCCN(C(=O)Nc1nsc3ccccc13)C2. The minimum Gasteiger partial charge on any atom is -0.320 e. The van der Waals surface area contributed by atoms with E-state index >= 15 is 0 Å². The molecule has 23 heavy (non-hydrogen) atoms. The van der Waals surface area contributed by atoms with Crippen molar-refractivity contribution in [1.82, 2.24) is 19.1 Å². The normalized spacial score (nSPS) is 14.6. The lowest BCUT2D eigenvalue weighted by atomic mass is 10.2. The first-order valence-corrected chi connectivity index (χ1v) is 8.40. The van der Waals surface area contributed by atoms with Crippen molar-refractivity contribution in [2.45, 2.75) is 19.4 Å². The van der Waals surface area contributed by atoms with Crippen LogP contribution >= 0.6 is 11.5 Å². The molecule has 0 bridgehead atoms. The van der Waals surface area contributed by atoms with Crippen molar-refractivity contribution in [1.29, 1.82) is 0 Å². The molecule has 0 saturated carbocycles. The fourth-order valence-corrected chi connectivity index (χ4v) is 3.75. The predicted octanol–water partition coefficient (Wildman–Crippen LogP) is 3.01. The van der Waals surface area contributed by atoms with Gasteiger partial charge in [0, 0.05) is 30.2 Å². The summed E-state index contributed by atoms with van der Waals surface area (Å²) in [6, 6.07) is 7.83. The molecule has 7 heteroatoms. The Morgan fingerprint density at radius 2 is 2.22 bits per heavy atom. The number of aryl methyl sites for hydroxylation is 1. The molecule has 0 radical (unpaired) electrons. The number of carbonyl (C=O) groups excluding carboxylic acids is 1. The van der Waals surface area contributed by atoms with E-state index in [0.29, 0.717) is 12.4 Å². The van der Waals surface area contributed by atoms with Gasteiger partial charge in [-0.15, -0.1) is 0 Å². The number of nitrogens with one attached hydrogen (secondary N) is 1. The molecule has 3 heterocycles. The van der Waals surface area contributed by atoms with Gasteiger partial charge in [-0.05, 0) is 36.5 Å². The number of hydrogen-bond acceptors (Lipinski definition) is 4. The fourth-order valence-electron chi connectivity index (χ4n) is 3.01. The number of anilines is 1. The Hall–Kier alpha value is -2.41. The van der Waals surface area contributed by atoms with E-state index in [1.165, 1.54) is 17.2 Å². The second-order valence-corrected chi connectivity index (χ2v) is 6.53. The standard InChI is InChI=1S/C16H17N5OS/c1-20-13-6-4-8-21(10-11(13)9-17-20)16(22)18-15-12-5-2-3-7-14(12)23-19-15/h2-3,5,7,9H,4,6,8,10H2,1H3,(H,18,19,22). The third kappa shape index (κ3) is 2.57. The third-order valence-electron chi connectivity index (χ3n) is 4.24. The van der Waals surface area contributed by atoms with Gasteiger partial charge in [0.05, 0.1) is 17.4 Å². The first kappa shape index (κ1) is 14.2. The average molecular weight is 327 g/mol. The highest BCUT2D eigenvalue weighted by molar-refractivity contribution is 7.13. The highest BCUT2D eigenvalue weighted by atomic mass is 32.1. The lowest BCUT2D eigenvalue weighted by molar-refractivity contribution is 0.210. The molecule has 6 nitrogen and oxygen atoms in total. The second-order valence-electron chi connectivity index (χ2n) is 5.72. The Morgan fingerprint density at radius 3 is 3.13 bits per heavy atom. The summed E-state index contributed by atoms with van der Waals surface area (Å²) in [6.45, 7) is 1.33. The van der Waals surface area contributed by atoms with Crippen LogP contribution in [-0.4, -0.2) is 31.6 Å². The lowest BCUT2D eigenvalue weighted by Gasteiger charge is -2.20. The molecule has 1 aliphatic heterocycles. The fraction of sp³-hybridized carbons (Fsp3) is 0.312. The zero-order valence-electron chi connectivity index (χ0n) is 12.8. The summed E-state index contributed by atoms with van der Waals surface area (Å²) in [4.78, 5) is 14.5. The number of aromatic nitrogens is 3. The van der Waals surface area contributed by atoms with Crippen LogP contribution in [-0.2, 0) is 20.0 Å². The summed E-state index contributed by atoms with van der Waals surface area (Å²) < 4.78 is 7.35. The molecule has 118 valence electrons.